The van der Waals surface area contributed by atoms with Gasteiger partial charge in [-0.25, -0.2) is 4.98 Å². The van der Waals surface area contributed by atoms with Crippen LogP contribution in [0.15, 0.2) is 53.9 Å². The lowest BCUT2D eigenvalue weighted by Gasteiger charge is -2.09. The van der Waals surface area contributed by atoms with Crippen LogP contribution < -0.4 is 10.5 Å². The summed E-state index contributed by atoms with van der Waals surface area (Å²) >= 11 is 1.47. The minimum absolute atomic E-state index is 0.584. The van der Waals surface area contributed by atoms with E-state index in [2.05, 4.69) is 52.9 Å². The van der Waals surface area contributed by atoms with Crippen molar-refractivity contribution in [3.05, 3.63) is 65.2 Å². The Hall–Kier alpha value is -2.79. The summed E-state index contributed by atoms with van der Waals surface area (Å²) in [5.41, 5.74) is 11.5. The molecule has 2 heterocycles. The Bertz CT molecular complexity index is 1030. The molecule has 0 spiro atoms. The number of nitrogens with zero attached hydrogens (tertiary/aromatic N) is 2. The van der Waals surface area contributed by atoms with Gasteiger partial charge in [-0.05, 0) is 30.7 Å². The number of thiazole rings is 1. The predicted molar refractivity (Wildman–Crippen MR) is 104 cm³/mol. The molecule has 0 saturated heterocycles. The molecule has 0 aliphatic heterocycles. The summed E-state index contributed by atoms with van der Waals surface area (Å²) in [6.07, 6.45) is 0. The summed E-state index contributed by atoms with van der Waals surface area (Å²) in [6.45, 7) is 2.95. The Balaban J connectivity index is 1.95. The summed E-state index contributed by atoms with van der Waals surface area (Å²) < 4.78 is 7.76. The fourth-order valence-corrected chi connectivity index (χ4v) is 3.84. The molecule has 2 N–H and O–H groups in total. The third kappa shape index (κ3) is 2.76. The molecule has 126 valence electrons. The highest BCUT2D eigenvalue weighted by Gasteiger charge is 2.18. The van der Waals surface area contributed by atoms with Crippen molar-refractivity contribution >= 4 is 27.4 Å². The Morgan fingerprint density at radius 1 is 1.16 bits per heavy atom. The van der Waals surface area contributed by atoms with Crippen molar-refractivity contribution < 1.29 is 4.74 Å². The summed E-state index contributed by atoms with van der Waals surface area (Å²) in [7, 11) is 1.69. The highest BCUT2D eigenvalue weighted by Crippen LogP contribution is 2.37. The number of hydrogen-bond acceptors (Lipinski definition) is 4. The van der Waals surface area contributed by atoms with E-state index in [0.717, 1.165) is 28.9 Å². The van der Waals surface area contributed by atoms with E-state index in [0.29, 0.717) is 5.13 Å². The van der Waals surface area contributed by atoms with E-state index in [1.165, 1.54) is 28.1 Å². The van der Waals surface area contributed by atoms with Crippen molar-refractivity contribution in [1.82, 2.24) is 9.55 Å². The van der Waals surface area contributed by atoms with Crippen LogP contribution in [0.25, 0.3) is 22.2 Å². The van der Waals surface area contributed by atoms with Gasteiger partial charge in [-0.2, -0.15) is 0 Å². The van der Waals surface area contributed by atoms with E-state index < -0.39 is 0 Å². The zero-order chi connectivity index (χ0) is 17.4. The molecule has 25 heavy (non-hydrogen) atoms. The van der Waals surface area contributed by atoms with Crippen LogP contribution in [0.1, 0.15) is 11.3 Å². The quantitative estimate of drug-likeness (QED) is 0.580. The minimum Gasteiger partial charge on any atom is -0.497 e. The van der Waals surface area contributed by atoms with E-state index in [-0.39, 0.29) is 0 Å². The molecule has 0 fully saturated rings. The van der Waals surface area contributed by atoms with Gasteiger partial charge in [0.25, 0.3) is 0 Å². The molecule has 2 aromatic heterocycles. The maximum Gasteiger partial charge on any atom is 0.180 e. The largest absolute Gasteiger partial charge is 0.497 e. The van der Waals surface area contributed by atoms with Gasteiger partial charge in [0.05, 0.1) is 12.8 Å². The van der Waals surface area contributed by atoms with Gasteiger partial charge in [-0.3, -0.25) is 0 Å². The number of fused-ring (bicyclic) bond motifs is 1. The van der Waals surface area contributed by atoms with Crippen LogP contribution >= 0.6 is 11.3 Å². The lowest BCUT2D eigenvalue weighted by molar-refractivity contribution is 0.415. The van der Waals surface area contributed by atoms with E-state index in [1.807, 2.05) is 17.5 Å². The van der Waals surface area contributed by atoms with Gasteiger partial charge in [0.15, 0.2) is 5.13 Å². The van der Waals surface area contributed by atoms with E-state index in [1.54, 1.807) is 7.11 Å². The van der Waals surface area contributed by atoms with Crippen LogP contribution in [0.3, 0.4) is 0 Å². The Morgan fingerprint density at radius 3 is 2.64 bits per heavy atom. The van der Waals surface area contributed by atoms with Crippen LogP contribution in [-0.4, -0.2) is 16.7 Å². The van der Waals surface area contributed by atoms with Gasteiger partial charge in [-0.15, -0.1) is 11.3 Å². The molecule has 0 amide bonds. The van der Waals surface area contributed by atoms with Crippen LogP contribution in [0.5, 0.6) is 5.75 Å². The molecule has 5 heteroatoms. The number of anilines is 1. The second kappa shape index (κ2) is 6.26. The molecule has 4 aromatic rings. The van der Waals surface area contributed by atoms with Crippen molar-refractivity contribution in [2.75, 3.05) is 12.8 Å². The second-order valence-electron chi connectivity index (χ2n) is 5.99. The van der Waals surface area contributed by atoms with Crippen LogP contribution in [0, 0.1) is 6.92 Å². The first-order valence-corrected chi connectivity index (χ1v) is 8.97. The first-order valence-electron chi connectivity index (χ1n) is 8.09. The number of rotatable bonds is 4. The molecule has 4 nitrogen and oxygen atoms in total. The lowest BCUT2D eigenvalue weighted by atomic mass is 10.1. The Morgan fingerprint density at radius 2 is 1.96 bits per heavy atom. The first-order chi connectivity index (χ1) is 12.2. The Labute approximate surface area is 150 Å². The van der Waals surface area contributed by atoms with Crippen LogP contribution in [0.2, 0.25) is 0 Å². The topological polar surface area (TPSA) is 53.1 Å². The molecule has 0 atom stereocenters. The monoisotopic (exact) mass is 349 g/mol. The van der Waals surface area contributed by atoms with Crippen LogP contribution in [0.4, 0.5) is 5.13 Å². The number of nitrogens with two attached hydrogens (primary N) is 1. The smallest absolute Gasteiger partial charge is 0.180 e. The fraction of sp³-hybridized carbons (Fsp3) is 0.150. The van der Waals surface area contributed by atoms with Gasteiger partial charge in [0.2, 0.25) is 0 Å². The first kappa shape index (κ1) is 15.7. The average Bonchev–Trinajstić information content (AvgIpc) is 3.17. The van der Waals surface area contributed by atoms with E-state index >= 15 is 0 Å². The number of hydrogen-bond donors (Lipinski definition) is 1. The van der Waals surface area contributed by atoms with Gasteiger partial charge >= 0.3 is 0 Å². The summed E-state index contributed by atoms with van der Waals surface area (Å²) in [6, 6.07) is 16.7. The predicted octanol–water partition coefficient (Wildman–Crippen LogP) is 4.71. The molecular formula is C20H19N3OS. The molecule has 0 bridgehead atoms. The van der Waals surface area contributed by atoms with Crippen molar-refractivity contribution in [2.45, 2.75) is 13.5 Å². The van der Waals surface area contributed by atoms with Gasteiger partial charge in [0, 0.05) is 34.1 Å². The Kier molecular flexibility index (Phi) is 3.93. The van der Waals surface area contributed by atoms with E-state index in [9.17, 15) is 0 Å². The summed E-state index contributed by atoms with van der Waals surface area (Å²) in [4.78, 5) is 4.51. The van der Waals surface area contributed by atoms with Crippen molar-refractivity contribution in [3.8, 4) is 17.0 Å². The number of methoxy groups -OCH3 is 1. The molecule has 4 rings (SSSR count). The third-order valence-electron chi connectivity index (χ3n) is 4.49. The molecule has 0 saturated carbocycles. The van der Waals surface area contributed by atoms with Crippen molar-refractivity contribution in [2.24, 2.45) is 0 Å². The molecule has 2 aromatic carbocycles. The van der Waals surface area contributed by atoms with E-state index in [4.69, 9.17) is 10.5 Å². The molecule has 0 radical (unpaired) electrons. The van der Waals surface area contributed by atoms with Crippen molar-refractivity contribution in [1.29, 1.82) is 0 Å². The molecule has 0 aliphatic carbocycles. The number of benzene rings is 2. The highest BCUT2D eigenvalue weighted by molar-refractivity contribution is 7.13. The SMILES string of the molecule is COc1ccc2c(c1)c(-c1csc(N)n1)c(C)n2Cc1ccccc1. The standard InChI is InChI=1S/C20H19N3OS/c1-13-19(17-12-25-20(21)22-17)16-10-15(24-2)8-9-18(16)23(13)11-14-6-4-3-5-7-14/h3-10,12H,11H2,1-2H3,(H2,21,22). The highest BCUT2D eigenvalue weighted by atomic mass is 32.1. The van der Waals surface area contributed by atoms with Crippen molar-refractivity contribution in [3.63, 3.8) is 0 Å². The fourth-order valence-electron chi connectivity index (χ4n) is 3.28. The maximum atomic E-state index is 5.87. The summed E-state index contributed by atoms with van der Waals surface area (Å²) in [5, 5.41) is 3.74. The molecule has 0 aliphatic rings. The third-order valence-corrected chi connectivity index (χ3v) is 5.17. The normalized spacial score (nSPS) is 11.1. The zero-order valence-electron chi connectivity index (χ0n) is 14.2. The molecular weight excluding hydrogens is 330 g/mol. The van der Waals surface area contributed by atoms with Crippen LogP contribution in [-0.2, 0) is 6.54 Å². The van der Waals surface area contributed by atoms with Gasteiger partial charge in [-0.1, -0.05) is 30.3 Å². The number of aromatic nitrogens is 2. The minimum atomic E-state index is 0.584. The lowest BCUT2D eigenvalue weighted by Crippen LogP contribution is -2.01. The van der Waals surface area contributed by atoms with Gasteiger partial charge in [0.1, 0.15) is 5.75 Å². The molecule has 0 unspecified atom stereocenters. The number of ether oxygens (including phenoxy) is 1. The van der Waals surface area contributed by atoms with Gasteiger partial charge < -0.3 is 15.0 Å². The summed E-state index contributed by atoms with van der Waals surface area (Å²) in [5.74, 6) is 0.841. The number of nitrogen functional groups attached to an aromatic ring is 1. The second-order valence-corrected chi connectivity index (χ2v) is 6.88. The maximum absolute atomic E-state index is 5.87. The zero-order valence-corrected chi connectivity index (χ0v) is 15.0. The average molecular weight is 349 g/mol.